The average molecular weight is 585 g/mol. The number of hydrogen-bond donors (Lipinski definition) is 2. The molecule has 0 aliphatic carbocycles. The molecule has 0 amide bonds. The largest absolute Gasteiger partial charge is 0.397 e. The minimum atomic E-state index is -3.05. The van der Waals surface area contributed by atoms with E-state index in [1.807, 2.05) is 50.5 Å². The Morgan fingerprint density at radius 3 is 2.24 bits per heavy atom. The molecule has 1 aliphatic heterocycles. The number of benzene rings is 2. The Balaban J connectivity index is 1.53. The van der Waals surface area contributed by atoms with Gasteiger partial charge in [-0.2, -0.15) is 5.10 Å². The summed E-state index contributed by atoms with van der Waals surface area (Å²) in [4.78, 5) is 14.2. The van der Waals surface area contributed by atoms with Crippen molar-refractivity contribution in [3.63, 3.8) is 0 Å². The average Bonchev–Trinajstić information content (AvgIpc) is 3.52. The predicted molar refractivity (Wildman–Crippen MR) is 164 cm³/mol. The van der Waals surface area contributed by atoms with E-state index in [0.717, 1.165) is 10.4 Å². The fourth-order valence-electron chi connectivity index (χ4n) is 5.67. The van der Waals surface area contributed by atoms with Crippen LogP contribution in [-0.2, 0) is 9.16 Å². The van der Waals surface area contributed by atoms with Crippen molar-refractivity contribution < 1.29 is 19.4 Å². The van der Waals surface area contributed by atoms with Crippen LogP contribution in [0.3, 0.4) is 0 Å². The summed E-state index contributed by atoms with van der Waals surface area (Å²) in [6.07, 6.45) is -0.975. The Morgan fingerprint density at radius 2 is 1.69 bits per heavy atom. The first-order valence-electron chi connectivity index (χ1n) is 13.7. The SMILES string of the molecule is [C-]#[N+][C@]1(CO[Si](c2ccccc2)(c2ccccc2)C(C)(C)C)O[C@@H](c2ccc3c(N=CN(C)C)ncnn23)[C@H](O)[C@@H]1O. The van der Waals surface area contributed by atoms with Crippen molar-refractivity contribution >= 4 is 36.4 Å². The molecule has 42 heavy (non-hydrogen) atoms. The van der Waals surface area contributed by atoms with Crippen molar-refractivity contribution in [2.75, 3.05) is 20.7 Å². The number of nitrogens with zero attached hydrogens (tertiary/aromatic N) is 6. The molecule has 11 heteroatoms. The molecule has 10 nitrogen and oxygen atoms in total. The summed E-state index contributed by atoms with van der Waals surface area (Å²) in [6, 6.07) is 23.6. The first kappa shape index (κ1) is 29.6. The molecule has 2 N–H and O–H groups in total. The molecule has 2 aromatic heterocycles. The summed E-state index contributed by atoms with van der Waals surface area (Å²) in [5, 5.41) is 28.7. The van der Waals surface area contributed by atoms with Gasteiger partial charge in [0.05, 0.1) is 12.0 Å². The number of ether oxygens (including phenoxy) is 1. The van der Waals surface area contributed by atoms with Crippen LogP contribution in [0.5, 0.6) is 0 Å². The van der Waals surface area contributed by atoms with Crippen LogP contribution < -0.4 is 10.4 Å². The maximum Gasteiger partial charge on any atom is 0.388 e. The highest BCUT2D eigenvalue weighted by molar-refractivity contribution is 6.99. The van der Waals surface area contributed by atoms with Gasteiger partial charge in [-0.1, -0.05) is 81.4 Å². The van der Waals surface area contributed by atoms with Crippen molar-refractivity contribution in [2.45, 2.75) is 49.8 Å². The lowest BCUT2D eigenvalue weighted by Crippen LogP contribution is -2.68. The second-order valence-electron chi connectivity index (χ2n) is 11.7. The van der Waals surface area contributed by atoms with Gasteiger partial charge in [0.1, 0.15) is 30.7 Å². The first-order valence-corrected chi connectivity index (χ1v) is 15.7. The summed E-state index contributed by atoms with van der Waals surface area (Å²) >= 11 is 0. The van der Waals surface area contributed by atoms with E-state index in [-0.39, 0.29) is 11.6 Å². The minimum Gasteiger partial charge on any atom is -0.397 e. The zero-order valence-corrected chi connectivity index (χ0v) is 25.4. The maximum atomic E-state index is 11.4. The molecule has 0 spiro atoms. The van der Waals surface area contributed by atoms with Crippen molar-refractivity contribution in [3.8, 4) is 0 Å². The zero-order chi connectivity index (χ0) is 30.1. The molecule has 0 bridgehead atoms. The predicted octanol–water partition coefficient (Wildman–Crippen LogP) is 2.94. The van der Waals surface area contributed by atoms with Gasteiger partial charge in [0.2, 0.25) is 0 Å². The van der Waals surface area contributed by atoms with E-state index in [4.69, 9.17) is 15.7 Å². The van der Waals surface area contributed by atoms with Gasteiger partial charge in [-0.25, -0.2) is 21.1 Å². The van der Waals surface area contributed by atoms with Gasteiger partial charge in [0, 0.05) is 14.1 Å². The molecule has 3 heterocycles. The summed E-state index contributed by atoms with van der Waals surface area (Å²) in [5.74, 6) is 0.435. The van der Waals surface area contributed by atoms with E-state index >= 15 is 0 Å². The molecule has 4 atom stereocenters. The van der Waals surface area contributed by atoms with E-state index in [1.54, 1.807) is 27.9 Å². The van der Waals surface area contributed by atoms with Crippen molar-refractivity contribution in [1.29, 1.82) is 0 Å². The number of aliphatic hydroxyl groups excluding tert-OH is 2. The van der Waals surface area contributed by atoms with Gasteiger partial charge >= 0.3 is 5.72 Å². The third-order valence-corrected chi connectivity index (χ3v) is 12.7. The summed E-state index contributed by atoms with van der Waals surface area (Å²) in [7, 11) is 0.660. The molecule has 1 fully saturated rings. The first-order chi connectivity index (χ1) is 20.0. The van der Waals surface area contributed by atoms with Crippen LogP contribution in [-0.4, -0.2) is 83.0 Å². The number of rotatable bonds is 8. The van der Waals surface area contributed by atoms with Gasteiger partial charge in [-0.15, -0.1) is 0 Å². The lowest BCUT2D eigenvalue weighted by Gasteiger charge is -2.43. The van der Waals surface area contributed by atoms with Gasteiger partial charge in [-0.3, -0.25) is 9.58 Å². The lowest BCUT2D eigenvalue weighted by molar-refractivity contribution is -0.0781. The second kappa shape index (κ2) is 11.4. The lowest BCUT2D eigenvalue weighted by atomic mass is 10.0. The molecule has 5 rings (SSSR count). The number of aliphatic hydroxyl groups is 2. The highest BCUT2D eigenvalue weighted by atomic mass is 28.4. The Morgan fingerprint density at radius 1 is 1.07 bits per heavy atom. The zero-order valence-electron chi connectivity index (χ0n) is 24.4. The monoisotopic (exact) mass is 584 g/mol. The fraction of sp³-hybridized carbons (Fsp3) is 0.355. The topological polar surface area (TPSA) is 109 Å². The summed E-state index contributed by atoms with van der Waals surface area (Å²) < 4.78 is 14.8. The summed E-state index contributed by atoms with van der Waals surface area (Å²) in [6.45, 7) is 14.3. The molecule has 2 aromatic carbocycles. The third-order valence-electron chi connectivity index (χ3n) is 7.69. The highest BCUT2D eigenvalue weighted by Crippen LogP contribution is 2.44. The van der Waals surface area contributed by atoms with Crippen molar-refractivity contribution in [2.24, 2.45) is 4.99 Å². The maximum absolute atomic E-state index is 11.4. The van der Waals surface area contributed by atoms with Crippen LogP contribution >= 0.6 is 0 Å². The van der Waals surface area contributed by atoms with E-state index in [9.17, 15) is 10.2 Å². The third kappa shape index (κ3) is 5.02. The standard InChI is InChI=1S/C31H36N6O4Si/c1-30(2,3)42(22-13-9-7-10-14-22,23-15-11-8-12-16-23)40-19-31(32-4)28(39)26(38)27(41-31)24-17-18-25-29(34-21-36(5)6)33-20-35-37(24)25/h7-18,20-21,26-28,38-39H,19H2,1-3,5-6H3/t26-,27-,28-,31+/m0/s1. The Bertz CT molecular complexity index is 1560. The Kier molecular flexibility index (Phi) is 8.02. The normalized spacial score (nSPS) is 23.0. The molecule has 0 radical (unpaired) electrons. The molecule has 218 valence electrons. The van der Waals surface area contributed by atoms with Gasteiger partial charge in [-0.05, 0) is 27.5 Å². The van der Waals surface area contributed by atoms with Crippen LogP contribution in [0.1, 0.15) is 32.6 Å². The van der Waals surface area contributed by atoms with Crippen LogP contribution in [0.4, 0.5) is 5.82 Å². The second-order valence-corrected chi connectivity index (χ2v) is 16.0. The van der Waals surface area contributed by atoms with E-state index in [1.165, 1.54) is 6.33 Å². The van der Waals surface area contributed by atoms with Crippen molar-refractivity contribution in [3.05, 3.63) is 96.2 Å². The minimum absolute atomic E-state index is 0.241. The smallest absolute Gasteiger partial charge is 0.388 e. The Hall–Kier alpha value is -3.92. The fourth-order valence-corrected chi connectivity index (χ4v) is 10.2. The Labute approximate surface area is 246 Å². The summed E-state index contributed by atoms with van der Waals surface area (Å²) in [5.41, 5.74) is -0.781. The number of aliphatic imine (C=N–C) groups is 1. The molecular weight excluding hydrogens is 548 g/mol. The number of hydrogen-bond acceptors (Lipinski definition) is 7. The van der Waals surface area contributed by atoms with E-state index in [0.29, 0.717) is 17.0 Å². The van der Waals surface area contributed by atoms with Crippen molar-refractivity contribution in [1.82, 2.24) is 19.5 Å². The van der Waals surface area contributed by atoms with Crippen LogP contribution in [0.2, 0.25) is 5.04 Å². The highest BCUT2D eigenvalue weighted by Gasteiger charge is 2.63. The van der Waals surface area contributed by atoms with E-state index in [2.05, 4.69) is 65.0 Å². The molecule has 1 aliphatic rings. The molecular formula is C31H36N6O4Si. The van der Waals surface area contributed by atoms with Gasteiger partial charge in [0.15, 0.2) is 11.9 Å². The van der Waals surface area contributed by atoms with Gasteiger partial charge in [0.25, 0.3) is 8.32 Å². The molecule has 4 aromatic rings. The molecule has 1 saturated heterocycles. The molecule has 0 saturated carbocycles. The quantitative estimate of drug-likeness (QED) is 0.142. The van der Waals surface area contributed by atoms with Gasteiger partial charge < -0.3 is 19.5 Å². The molecule has 0 unspecified atom stereocenters. The van der Waals surface area contributed by atoms with Crippen LogP contribution in [0, 0.1) is 6.57 Å². The van der Waals surface area contributed by atoms with E-state index < -0.39 is 32.4 Å². The van der Waals surface area contributed by atoms with Crippen LogP contribution in [0.15, 0.2) is 84.1 Å². The number of aromatic nitrogens is 3. The van der Waals surface area contributed by atoms with Crippen LogP contribution in [0.25, 0.3) is 10.4 Å². The number of fused-ring (bicyclic) bond motifs is 1.